The molecule has 3 amide bonds. The van der Waals surface area contributed by atoms with Gasteiger partial charge in [0.1, 0.15) is 0 Å². The number of hydrogen-bond donors (Lipinski definition) is 3. The molecule has 0 atom stereocenters. The van der Waals surface area contributed by atoms with Crippen molar-refractivity contribution in [3.05, 3.63) is 83.7 Å². The molecule has 1 heterocycles. The van der Waals surface area contributed by atoms with E-state index in [0.29, 0.717) is 22.7 Å². The highest BCUT2D eigenvalue weighted by molar-refractivity contribution is 6.05. The quantitative estimate of drug-likeness (QED) is 0.478. The normalized spacial score (nSPS) is 10.3. The van der Waals surface area contributed by atoms with Gasteiger partial charge in [-0.15, -0.1) is 0 Å². The molecule has 3 rings (SSSR count). The van der Waals surface area contributed by atoms with Gasteiger partial charge in [0.25, 0.3) is 17.7 Å². The summed E-state index contributed by atoms with van der Waals surface area (Å²) in [7, 11) is 1.48. The van der Waals surface area contributed by atoms with E-state index >= 15 is 0 Å². The number of amides is 3. The predicted molar refractivity (Wildman–Crippen MR) is 122 cm³/mol. The zero-order valence-electron chi connectivity index (χ0n) is 18.4. The molecule has 0 unspecified atom stereocenters. The maximum Gasteiger partial charge on any atom is 0.269 e. The standard InChI is InChI=1S/C24H24N4O5/c1-15(2)33-20-10-9-17(13-21(20)32-3)24(31)28-27-23(30)16-6-4-8-19(12-16)26-22(29)18-7-5-11-25-14-18/h4-15H,1-3H3,(H,26,29)(H,27,30)(H,28,31). The van der Waals surface area contributed by atoms with Crippen LogP contribution in [-0.2, 0) is 0 Å². The fourth-order valence-electron chi connectivity index (χ4n) is 2.86. The number of carbonyl (C=O) groups excluding carboxylic acids is 3. The molecular formula is C24H24N4O5. The van der Waals surface area contributed by atoms with Gasteiger partial charge in [0.2, 0.25) is 0 Å². The lowest BCUT2D eigenvalue weighted by Gasteiger charge is -2.14. The van der Waals surface area contributed by atoms with Crippen LogP contribution >= 0.6 is 0 Å². The number of nitrogens with one attached hydrogen (secondary N) is 3. The van der Waals surface area contributed by atoms with Crippen molar-refractivity contribution in [3.63, 3.8) is 0 Å². The summed E-state index contributed by atoms with van der Waals surface area (Å²) in [6, 6.07) is 14.3. The van der Waals surface area contributed by atoms with Gasteiger partial charge in [-0.25, -0.2) is 0 Å². The third kappa shape index (κ3) is 6.30. The number of hydrazine groups is 1. The monoisotopic (exact) mass is 448 g/mol. The molecule has 0 radical (unpaired) electrons. The van der Waals surface area contributed by atoms with Crippen molar-refractivity contribution < 1.29 is 23.9 Å². The fraction of sp³-hybridized carbons (Fsp3) is 0.167. The number of anilines is 1. The Morgan fingerprint density at radius 2 is 1.52 bits per heavy atom. The van der Waals surface area contributed by atoms with Crippen LogP contribution in [0.25, 0.3) is 0 Å². The largest absolute Gasteiger partial charge is 0.493 e. The summed E-state index contributed by atoms with van der Waals surface area (Å²) in [6.07, 6.45) is 2.96. The average Bonchev–Trinajstić information content (AvgIpc) is 2.82. The molecular weight excluding hydrogens is 424 g/mol. The van der Waals surface area contributed by atoms with Crippen molar-refractivity contribution in [1.82, 2.24) is 15.8 Å². The maximum atomic E-state index is 12.5. The number of benzene rings is 2. The molecule has 33 heavy (non-hydrogen) atoms. The van der Waals surface area contributed by atoms with Gasteiger partial charge in [-0.1, -0.05) is 6.07 Å². The second kappa shape index (κ2) is 10.8. The number of pyridine rings is 1. The summed E-state index contributed by atoms with van der Waals surface area (Å²) in [6.45, 7) is 3.77. The van der Waals surface area contributed by atoms with Gasteiger partial charge in [0, 0.05) is 29.2 Å². The van der Waals surface area contributed by atoms with E-state index in [2.05, 4.69) is 21.2 Å². The molecule has 3 aromatic rings. The van der Waals surface area contributed by atoms with Gasteiger partial charge >= 0.3 is 0 Å². The highest BCUT2D eigenvalue weighted by atomic mass is 16.5. The van der Waals surface area contributed by atoms with Crippen molar-refractivity contribution in [2.45, 2.75) is 20.0 Å². The highest BCUT2D eigenvalue weighted by Gasteiger charge is 2.14. The molecule has 0 aliphatic carbocycles. The minimum atomic E-state index is -0.549. The first kappa shape index (κ1) is 23.3. The molecule has 0 bridgehead atoms. The molecule has 3 N–H and O–H groups in total. The van der Waals surface area contributed by atoms with Crippen molar-refractivity contribution in [2.24, 2.45) is 0 Å². The lowest BCUT2D eigenvalue weighted by atomic mass is 10.1. The van der Waals surface area contributed by atoms with E-state index in [1.165, 1.54) is 25.4 Å². The van der Waals surface area contributed by atoms with Crippen molar-refractivity contribution in [3.8, 4) is 11.5 Å². The molecule has 0 fully saturated rings. The topological polar surface area (TPSA) is 119 Å². The average molecular weight is 448 g/mol. The van der Waals surface area contributed by atoms with Gasteiger partial charge in [-0.2, -0.15) is 0 Å². The molecule has 9 nitrogen and oxygen atoms in total. The highest BCUT2D eigenvalue weighted by Crippen LogP contribution is 2.28. The second-order valence-corrected chi connectivity index (χ2v) is 7.22. The van der Waals surface area contributed by atoms with E-state index in [9.17, 15) is 14.4 Å². The van der Waals surface area contributed by atoms with Crippen molar-refractivity contribution in [2.75, 3.05) is 12.4 Å². The Bertz CT molecular complexity index is 1150. The molecule has 1 aromatic heterocycles. The lowest BCUT2D eigenvalue weighted by Crippen LogP contribution is -2.41. The number of ether oxygens (including phenoxy) is 2. The van der Waals surface area contributed by atoms with E-state index in [1.807, 2.05) is 13.8 Å². The van der Waals surface area contributed by atoms with Gasteiger partial charge < -0.3 is 14.8 Å². The SMILES string of the molecule is COc1cc(C(=O)NNC(=O)c2cccc(NC(=O)c3cccnc3)c2)ccc1OC(C)C. The van der Waals surface area contributed by atoms with Crippen LogP contribution in [-0.4, -0.2) is 35.9 Å². The summed E-state index contributed by atoms with van der Waals surface area (Å²) in [4.78, 5) is 41.1. The van der Waals surface area contributed by atoms with E-state index in [-0.39, 0.29) is 23.1 Å². The maximum absolute atomic E-state index is 12.5. The Labute approximate surface area is 191 Å². The third-order valence-corrected chi connectivity index (χ3v) is 4.38. The van der Waals surface area contributed by atoms with Crippen LogP contribution in [0.1, 0.15) is 44.9 Å². The minimum Gasteiger partial charge on any atom is -0.493 e. The summed E-state index contributed by atoms with van der Waals surface area (Å²) in [5.41, 5.74) is 6.06. The van der Waals surface area contributed by atoms with Crippen LogP contribution in [0, 0.1) is 0 Å². The predicted octanol–water partition coefficient (Wildman–Crippen LogP) is 3.20. The Morgan fingerprint density at radius 1 is 0.818 bits per heavy atom. The molecule has 0 saturated carbocycles. The van der Waals surface area contributed by atoms with Gasteiger partial charge in [0.15, 0.2) is 11.5 Å². The van der Waals surface area contributed by atoms with Crippen LogP contribution in [0.4, 0.5) is 5.69 Å². The molecule has 0 spiro atoms. The zero-order valence-corrected chi connectivity index (χ0v) is 18.4. The van der Waals surface area contributed by atoms with Crippen LogP contribution in [0.5, 0.6) is 11.5 Å². The number of aromatic nitrogens is 1. The molecule has 0 saturated heterocycles. The molecule has 2 aromatic carbocycles. The first-order valence-corrected chi connectivity index (χ1v) is 10.1. The van der Waals surface area contributed by atoms with Gasteiger partial charge in [0.05, 0.1) is 18.8 Å². The summed E-state index contributed by atoms with van der Waals surface area (Å²) in [5.74, 6) is -0.517. The van der Waals surface area contributed by atoms with Crippen LogP contribution in [0.3, 0.4) is 0 Å². The van der Waals surface area contributed by atoms with E-state index in [4.69, 9.17) is 9.47 Å². The van der Waals surface area contributed by atoms with Gasteiger partial charge in [-0.3, -0.25) is 30.2 Å². The van der Waals surface area contributed by atoms with E-state index in [0.717, 1.165) is 0 Å². The first-order valence-electron chi connectivity index (χ1n) is 10.1. The summed E-state index contributed by atoms with van der Waals surface area (Å²) >= 11 is 0. The van der Waals surface area contributed by atoms with Crippen molar-refractivity contribution >= 4 is 23.4 Å². The summed E-state index contributed by atoms with van der Waals surface area (Å²) < 4.78 is 10.9. The Balaban J connectivity index is 1.62. The molecule has 9 heteroatoms. The Morgan fingerprint density at radius 3 is 2.15 bits per heavy atom. The number of methoxy groups -OCH3 is 1. The fourth-order valence-corrected chi connectivity index (χ4v) is 2.86. The van der Waals surface area contributed by atoms with Crippen LogP contribution in [0.2, 0.25) is 0 Å². The Hall–Kier alpha value is -4.40. The number of nitrogens with zero attached hydrogens (tertiary/aromatic N) is 1. The third-order valence-electron chi connectivity index (χ3n) is 4.38. The van der Waals surface area contributed by atoms with Crippen LogP contribution in [0.15, 0.2) is 67.0 Å². The number of rotatable bonds is 7. The molecule has 0 aliphatic rings. The minimum absolute atomic E-state index is 0.0530. The number of hydrogen-bond acceptors (Lipinski definition) is 6. The number of carbonyl (C=O) groups is 3. The summed E-state index contributed by atoms with van der Waals surface area (Å²) in [5, 5.41) is 2.70. The van der Waals surface area contributed by atoms with Crippen LogP contribution < -0.4 is 25.6 Å². The van der Waals surface area contributed by atoms with Crippen molar-refractivity contribution in [1.29, 1.82) is 0 Å². The molecule has 0 aliphatic heterocycles. The second-order valence-electron chi connectivity index (χ2n) is 7.22. The smallest absolute Gasteiger partial charge is 0.269 e. The zero-order chi connectivity index (χ0) is 23.8. The van der Waals surface area contributed by atoms with Gasteiger partial charge in [-0.05, 0) is 62.4 Å². The first-order chi connectivity index (χ1) is 15.9. The Kier molecular flexibility index (Phi) is 7.59. The van der Waals surface area contributed by atoms with E-state index < -0.39 is 11.8 Å². The molecule has 170 valence electrons. The lowest BCUT2D eigenvalue weighted by molar-refractivity contribution is 0.0846. The van der Waals surface area contributed by atoms with E-state index in [1.54, 1.807) is 48.7 Å².